The summed E-state index contributed by atoms with van der Waals surface area (Å²) in [6.45, 7) is 1.46. The summed E-state index contributed by atoms with van der Waals surface area (Å²) >= 11 is 0. The van der Waals surface area contributed by atoms with Crippen molar-refractivity contribution < 1.29 is 23.5 Å². The maximum Gasteiger partial charge on any atom is 0.349 e. The van der Waals surface area contributed by atoms with Crippen LogP contribution in [0.3, 0.4) is 0 Å². The van der Waals surface area contributed by atoms with Gasteiger partial charge in [-0.1, -0.05) is 37.3 Å². The van der Waals surface area contributed by atoms with E-state index in [1.54, 1.807) is 13.0 Å². The number of hydrogen-bond acceptors (Lipinski definition) is 2. The third-order valence-electron chi connectivity index (χ3n) is 2.56. The number of hydrogen-bond donors (Lipinski definition) is 2. The van der Waals surface area contributed by atoms with Crippen molar-refractivity contribution in [2.45, 2.75) is 19.3 Å². The van der Waals surface area contributed by atoms with E-state index in [9.17, 15) is 18.4 Å². The lowest BCUT2D eigenvalue weighted by Crippen LogP contribution is -2.40. The average Bonchev–Trinajstić information content (AvgIpc) is 2.36. The molecule has 6 heteroatoms. The first-order chi connectivity index (χ1) is 8.84. The quantitative estimate of drug-likeness (QED) is 0.831. The molecule has 4 nitrogen and oxygen atoms in total. The van der Waals surface area contributed by atoms with Crippen LogP contribution in [-0.4, -0.2) is 23.5 Å². The van der Waals surface area contributed by atoms with Crippen LogP contribution in [0.15, 0.2) is 30.3 Å². The van der Waals surface area contributed by atoms with E-state index in [4.69, 9.17) is 5.11 Å². The first-order valence-electron chi connectivity index (χ1n) is 5.77. The van der Waals surface area contributed by atoms with Gasteiger partial charge >= 0.3 is 11.9 Å². The van der Waals surface area contributed by atoms with Crippen LogP contribution in [0.25, 0.3) is 0 Å². The molecule has 0 saturated carbocycles. The maximum atomic E-state index is 13.7. The second-order valence-corrected chi connectivity index (χ2v) is 4.35. The number of carboxylic acids is 1. The van der Waals surface area contributed by atoms with Gasteiger partial charge in [-0.15, -0.1) is 0 Å². The lowest BCUT2D eigenvalue weighted by molar-refractivity contribution is -0.147. The highest BCUT2D eigenvalue weighted by Crippen LogP contribution is 2.27. The summed E-state index contributed by atoms with van der Waals surface area (Å²) < 4.78 is 27.5. The minimum atomic E-state index is -3.62. The van der Waals surface area contributed by atoms with Gasteiger partial charge in [-0.3, -0.25) is 9.59 Å². The van der Waals surface area contributed by atoms with Gasteiger partial charge in [0.2, 0.25) is 0 Å². The second kappa shape index (κ2) is 6.26. The first kappa shape index (κ1) is 15.1. The van der Waals surface area contributed by atoms with Gasteiger partial charge in [0.15, 0.2) is 0 Å². The molecule has 0 aliphatic carbocycles. The van der Waals surface area contributed by atoms with Crippen LogP contribution in [0.2, 0.25) is 0 Å². The number of benzene rings is 1. The molecule has 2 N–H and O–H groups in total. The molecular weight excluding hydrogens is 256 g/mol. The van der Waals surface area contributed by atoms with Gasteiger partial charge in [-0.25, -0.2) is 0 Å². The molecule has 0 saturated heterocycles. The second-order valence-electron chi connectivity index (χ2n) is 4.35. The van der Waals surface area contributed by atoms with E-state index in [1.165, 1.54) is 24.3 Å². The fraction of sp³-hybridized carbons (Fsp3) is 0.385. The number of alkyl halides is 2. The van der Waals surface area contributed by atoms with Crippen LogP contribution in [0.4, 0.5) is 8.78 Å². The van der Waals surface area contributed by atoms with Gasteiger partial charge in [-0.2, -0.15) is 8.78 Å². The van der Waals surface area contributed by atoms with Crippen molar-refractivity contribution in [1.29, 1.82) is 0 Å². The molecule has 0 radical (unpaired) electrons. The maximum absolute atomic E-state index is 13.7. The number of carbonyl (C=O) groups excluding carboxylic acids is 1. The van der Waals surface area contributed by atoms with E-state index >= 15 is 0 Å². The topological polar surface area (TPSA) is 66.4 Å². The van der Waals surface area contributed by atoms with Crippen LogP contribution >= 0.6 is 0 Å². The Labute approximate surface area is 109 Å². The standard InChI is InChI=1S/C13H15F2NO3/c1-9(7-11(17)18)8-16-12(19)13(14,15)10-5-3-2-4-6-10/h2-6,9H,7-8H2,1H3,(H,16,19)(H,17,18). The Hall–Kier alpha value is -1.98. The van der Waals surface area contributed by atoms with Crippen molar-refractivity contribution in [3.8, 4) is 0 Å². The van der Waals surface area contributed by atoms with Gasteiger partial charge in [0, 0.05) is 18.5 Å². The van der Waals surface area contributed by atoms with Crippen molar-refractivity contribution in [3.05, 3.63) is 35.9 Å². The zero-order chi connectivity index (χ0) is 14.5. The van der Waals surface area contributed by atoms with Gasteiger partial charge in [-0.05, 0) is 5.92 Å². The number of rotatable bonds is 6. The van der Waals surface area contributed by atoms with E-state index < -0.39 is 29.3 Å². The minimum absolute atomic E-state index is 0.104. The Balaban J connectivity index is 2.60. The molecule has 1 amide bonds. The third kappa shape index (κ3) is 4.31. The van der Waals surface area contributed by atoms with Gasteiger partial charge in [0.05, 0.1) is 0 Å². The van der Waals surface area contributed by atoms with Gasteiger partial charge in [0.1, 0.15) is 0 Å². The first-order valence-corrected chi connectivity index (χ1v) is 5.77. The van der Waals surface area contributed by atoms with E-state index in [0.717, 1.165) is 0 Å². The van der Waals surface area contributed by atoms with E-state index in [1.807, 2.05) is 0 Å². The van der Waals surface area contributed by atoms with Crippen molar-refractivity contribution in [2.75, 3.05) is 6.54 Å². The van der Waals surface area contributed by atoms with E-state index in [-0.39, 0.29) is 13.0 Å². The average molecular weight is 271 g/mol. The number of carboxylic acid groups (broad SMARTS) is 1. The molecule has 1 rings (SSSR count). The van der Waals surface area contributed by atoms with Crippen LogP contribution in [-0.2, 0) is 15.5 Å². The zero-order valence-corrected chi connectivity index (χ0v) is 10.4. The van der Waals surface area contributed by atoms with E-state index in [0.29, 0.717) is 0 Å². The molecule has 104 valence electrons. The summed E-state index contributed by atoms with van der Waals surface area (Å²) in [5.41, 5.74) is -0.390. The smallest absolute Gasteiger partial charge is 0.349 e. The summed E-state index contributed by atoms with van der Waals surface area (Å²) in [7, 11) is 0. The molecule has 19 heavy (non-hydrogen) atoms. The Morgan fingerprint density at radius 1 is 1.32 bits per heavy atom. The molecule has 1 aromatic rings. The van der Waals surface area contributed by atoms with Gasteiger partial charge in [0.25, 0.3) is 5.91 Å². The predicted octanol–water partition coefficient (Wildman–Crippen LogP) is 2.01. The van der Waals surface area contributed by atoms with Crippen LogP contribution < -0.4 is 5.32 Å². The van der Waals surface area contributed by atoms with E-state index in [2.05, 4.69) is 5.32 Å². The number of amides is 1. The monoisotopic (exact) mass is 271 g/mol. The van der Waals surface area contributed by atoms with Gasteiger partial charge < -0.3 is 10.4 Å². The Kier molecular flexibility index (Phi) is 4.97. The molecule has 0 aliphatic heterocycles. The fourth-order valence-corrected chi connectivity index (χ4v) is 1.53. The van der Waals surface area contributed by atoms with Crippen LogP contribution in [0.5, 0.6) is 0 Å². The molecule has 0 fully saturated rings. The zero-order valence-electron chi connectivity index (χ0n) is 10.4. The fourth-order valence-electron chi connectivity index (χ4n) is 1.53. The summed E-state index contributed by atoms with van der Waals surface area (Å²) in [4.78, 5) is 21.9. The molecule has 1 atom stereocenters. The SMILES string of the molecule is CC(CNC(=O)C(F)(F)c1ccccc1)CC(=O)O. The number of halogens is 2. The van der Waals surface area contributed by atoms with Crippen molar-refractivity contribution >= 4 is 11.9 Å². The number of aliphatic carboxylic acids is 1. The molecular formula is C13H15F2NO3. The lowest BCUT2D eigenvalue weighted by atomic mass is 10.1. The molecule has 0 heterocycles. The summed E-state index contributed by atoms with van der Waals surface area (Å²) in [5, 5.41) is 10.6. The normalized spacial score (nSPS) is 12.8. The molecule has 0 aromatic heterocycles. The largest absolute Gasteiger partial charge is 0.481 e. The number of carbonyl (C=O) groups is 2. The highest BCUT2D eigenvalue weighted by Gasteiger charge is 2.40. The minimum Gasteiger partial charge on any atom is -0.481 e. The molecule has 1 aromatic carbocycles. The van der Waals surface area contributed by atoms with Crippen molar-refractivity contribution in [3.63, 3.8) is 0 Å². The van der Waals surface area contributed by atoms with Crippen LogP contribution in [0, 0.1) is 5.92 Å². The molecule has 1 unspecified atom stereocenters. The summed E-state index contributed by atoms with van der Waals surface area (Å²) in [5.74, 6) is -6.48. The van der Waals surface area contributed by atoms with Crippen molar-refractivity contribution in [1.82, 2.24) is 5.32 Å². The molecule has 0 bridgehead atoms. The lowest BCUT2D eigenvalue weighted by Gasteiger charge is -2.17. The highest BCUT2D eigenvalue weighted by molar-refractivity contribution is 5.84. The molecule has 0 spiro atoms. The highest BCUT2D eigenvalue weighted by atomic mass is 19.3. The predicted molar refractivity (Wildman–Crippen MR) is 64.8 cm³/mol. The van der Waals surface area contributed by atoms with Crippen molar-refractivity contribution in [2.24, 2.45) is 5.92 Å². The Morgan fingerprint density at radius 2 is 1.89 bits per heavy atom. The summed E-state index contributed by atoms with van der Waals surface area (Å²) in [6.07, 6.45) is -0.183. The number of nitrogens with one attached hydrogen (secondary N) is 1. The Morgan fingerprint density at radius 3 is 2.42 bits per heavy atom. The summed E-state index contributed by atoms with van der Waals surface area (Å²) in [6, 6.07) is 6.75. The third-order valence-corrected chi connectivity index (χ3v) is 2.56. The Bertz CT molecular complexity index is 448. The molecule has 0 aliphatic rings. The van der Waals surface area contributed by atoms with Crippen LogP contribution in [0.1, 0.15) is 18.9 Å².